The van der Waals surface area contributed by atoms with Crippen LogP contribution in [0.3, 0.4) is 0 Å². The predicted octanol–water partition coefficient (Wildman–Crippen LogP) is 3.97. The third-order valence-corrected chi connectivity index (χ3v) is 7.43. The number of aromatic nitrogens is 3. The van der Waals surface area contributed by atoms with Crippen LogP contribution in [0.5, 0.6) is 0 Å². The Hall–Kier alpha value is -4.06. The molecule has 0 unspecified atom stereocenters. The van der Waals surface area contributed by atoms with Gasteiger partial charge in [-0.1, -0.05) is 20.8 Å². The second-order valence-electron chi connectivity index (χ2n) is 10.7. The van der Waals surface area contributed by atoms with E-state index in [0.29, 0.717) is 55.5 Å². The molecule has 0 saturated carbocycles. The molecule has 11 nitrogen and oxygen atoms in total. The molecule has 0 atom stereocenters. The molecule has 1 aliphatic heterocycles. The van der Waals surface area contributed by atoms with Crippen LogP contribution in [-0.4, -0.2) is 57.0 Å². The highest BCUT2D eigenvalue weighted by atomic mass is 32.1. The number of fused-ring (bicyclic) bond motifs is 1. The van der Waals surface area contributed by atoms with Crippen LogP contribution in [0.15, 0.2) is 34.6 Å². The van der Waals surface area contributed by atoms with Crippen molar-refractivity contribution in [3.63, 3.8) is 0 Å². The molecule has 12 heteroatoms. The van der Waals surface area contributed by atoms with E-state index in [1.54, 1.807) is 6.92 Å². The van der Waals surface area contributed by atoms with Crippen molar-refractivity contribution in [2.24, 2.45) is 5.92 Å². The monoisotopic (exact) mass is 567 g/mol. The van der Waals surface area contributed by atoms with E-state index < -0.39 is 11.5 Å². The third kappa shape index (κ3) is 6.74. The number of hydrogen-bond acceptors (Lipinski definition) is 9. The van der Waals surface area contributed by atoms with Gasteiger partial charge in [-0.3, -0.25) is 24.1 Å². The maximum Gasteiger partial charge on any atom is 0.328 e. The van der Waals surface area contributed by atoms with Crippen LogP contribution in [0.25, 0.3) is 11.7 Å². The van der Waals surface area contributed by atoms with E-state index in [0.717, 1.165) is 11.8 Å². The second kappa shape index (κ2) is 12.0. The Morgan fingerprint density at radius 3 is 2.58 bits per heavy atom. The first-order chi connectivity index (χ1) is 19.0. The molecule has 0 aliphatic carbocycles. The van der Waals surface area contributed by atoms with Crippen LogP contribution in [0.4, 0.5) is 10.9 Å². The molecule has 1 saturated heterocycles. The standard InChI is InChI=1S/C28H33N5O6S/c1-5-39-23(36)14-17-8-11-32(12-9-17)24-19(6-7-22(34)35)26(38)33-13-10-18(15-21(33)30-24)25(37)31-27-29-20(16-40-27)28(2,3)4/h6-7,10,13,15-17H,5,8-9,11-12,14H2,1-4H3,(H,34,35)(H,29,31,37)/b7-6+. The number of thiazole rings is 1. The molecule has 1 fully saturated rings. The summed E-state index contributed by atoms with van der Waals surface area (Å²) in [4.78, 5) is 60.7. The summed E-state index contributed by atoms with van der Waals surface area (Å²) >= 11 is 1.34. The minimum Gasteiger partial charge on any atom is -0.478 e. The van der Waals surface area contributed by atoms with Crippen LogP contribution in [0.1, 0.15) is 68.6 Å². The highest BCUT2D eigenvalue weighted by Gasteiger charge is 2.26. The van der Waals surface area contributed by atoms with Gasteiger partial charge >= 0.3 is 11.9 Å². The number of carbonyl (C=O) groups excluding carboxylic acids is 2. The Kier molecular flexibility index (Phi) is 8.67. The van der Waals surface area contributed by atoms with E-state index in [9.17, 15) is 24.3 Å². The summed E-state index contributed by atoms with van der Waals surface area (Å²) in [6.07, 6.45) is 5.32. The van der Waals surface area contributed by atoms with Crippen molar-refractivity contribution in [3.05, 3.63) is 57.0 Å². The van der Waals surface area contributed by atoms with E-state index in [-0.39, 0.29) is 34.4 Å². The van der Waals surface area contributed by atoms with Crippen molar-refractivity contribution in [2.45, 2.75) is 52.4 Å². The van der Waals surface area contributed by atoms with Crippen molar-refractivity contribution >= 4 is 51.9 Å². The maximum absolute atomic E-state index is 13.4. The third-order valence-electron chi connectivity index (χ3n) is 6.67. The molecule has 1 aliphatic rings. The molecule has 2 N–H and O–H groups in total. The fraction of sp³-hybridized carbons (Fsp3) is 0.429. The number of nitrogens with one attached hydrogen (secondary N) is 1. The first-order valence-corrected chi connectivity index (χ1v) is 14.0. The molecular weight excluding hydrogens is 534 g/mol. The van der Waals surface area contributed by atoms with Gasteiger partial charge in [0.25, 0.3) is 11.5 Å². The molecule has 4 heterocycles. The van der Waals surface area contributed by atoms with Gasteiger partial charge in [0.05, 0.1) is 17.9 Å². The normalized spacial score (nSPS) is 14.6. The van der Waals surface area contributed by atoms with Crippen LogP contribution in [0, 0.1) is 5.92 Å². The minimum absolute atomic E-state index is 0.137. The van der Waals surface area contributed by atoms with Crippen LogP contribution < -0.4 is 15.8 Å². The summed E-state index contributed by atoms with van der Waals surface area (Å²) in [6, 6.07) is 3.03. The van der Waals surface area contributed by atoms with Crippen LogP contribution in [-0.2, 0) is 19.7 Å². The van der Waals surface area contributed by atoms with Gasteiger partial charge in [0.15, 0.2) is 5.13 Å². The molecule has 1 amide bonds. The summed E-state index contributed by atoms with van der Waals surface area (Å²) in [6.45, 7) is 9.29. The number of ether oxygens (including phenoxy) is 1. The van der Waals surface area contributed by atoms with Gasteiger partial charge in [-0.2, -0.15) is 0 Å². The Morgan fingerprint density at radius 2 is 1.95 bits per heavy atom. The van der Waals surface area contributed by atoms with Gasteiger partial charge in [-0.15, -0.1) is 11.3 Å². The molecule has 0 spiro atoms. The lowest BCUT2D eigenvalue weighted by Crippen LogP contribution is -2.37. The van der Waals surface area contributed by atoms with Gasteiger partial charge < -0.3 is 14.7 Å². The predicted molar refractivity (Wildman–Crippen MR) is 153 cm³/mol. The average Bonchev–Trinajstić information content (AvgIpc) is 3.37. The number of carboxylic acid groups (broad SMARTS) is 1. The molecule has 40 heavy (non-hydrogen) atoms. The number of nitrogens with zero attached hydrogens (tertiary/aromatic N) is 4. The number of anilines is 2. The van der Waals surface area contributed by atoms with E-state index in [1.165, 1.54) is 40.1 Å². The second-order valence-corrected chi connectivity index (χ2v) is 11.5. The molecule has 0 radical (unpaired) electrons. The zero-order chi connectivity index (χ0) is 29.0. The van der Waals surface area contributed by atoms with E-state index in [2.05, 4.69) is 10.3 Å². The molecule has 0 aromatic carbocycles. The van der Waals surface area contributed by atoms with Gasteiger partial charge in [0, 0.05) is 48.1 Å². The first kappa shape index (κ1) is 28.9. The Morgan fingerprint density at radius 1 is 1.23 bits per heavy atom. The molecule has 212 valence electrons. The summed E-state index contributed by atoms with van der Waals surface area (Å²) < 4.78 is 6.36. The van der Waals surface area contributed by atoms with Gasteiger partial charge in [-0.05, 0) is 43.9 Å². The topological polar surface area (TPSA) is 143 Å². The number of hydrogen-bond donors (Lipinski definition) is 2. The van der Waals surface area contributed by atoms with Crippen molar-refractivity contribution < 1.29 is 24.2 Å². The number of amides is 1. The summed E-state index contributed by atoms with van der Waals surface area (Å²) in [5, 5.41) is 14.4. The van der Waals surface area contributed by atoms with Gasteiger partial charge in [0.1, 0.15) is 11.5 Å². The lowest BCUT2D eigenvalue weighted by atomic mass is 9.93. The van der Waals surface area contributed by atoms with Crippen molar-refractivity contribution in [1.29, 1.82) is 0 Å². The maximum atomic E-state index is 13.4. The number of aliphatic carboxylic acids is 1. The van der Waals surface area contributed by atoms with Gasteiger partial charge in [-0.25, -0.2) is 14.8 Å². The fourth-order valence-electron chi connectivity index (χ4n) is 4.47. The number of carboxylic acids is 1. The Bertz CT molecular complexity index is 1510. The lowest BCUT2D eigenvalue weighted by Gasteiger charge is -2.33. The van der Waals surface area contributed by atoms with Gasteiger partial charge in [0.2, 0.25) is 0 Å². The number of pyridine rings is 1. The largest absolute Gasteiger partial charge is 0.478 e. The minimum atomic E-state index is -1.19. The summed E-state index contributed by atoms with van der Waals surface area (Å²) in [5.41, 5.74) is 0.961. The highest BCUT2D eigenvalue weighted by molar-refractivity contribution is 7.14. The van der Waals surface area contributed by atoms with E-state index >= 15 is 0 Å². The quantitative estimate of drug-likeness (QED) is 0.305. The van der Waals surface area contributed by atoms with E-state index in [1.807, 2.05) is 31.1 Å². The molecule has 3 aromatic rings. The molecule has 0 bridgehead atoms. The smallest absolute Gasteiger partial charge is 0.328 e. The number of carbonyl (C=O) groups is 3. The van der Waals surface area contributed by atoms with E-state index in [4.69, 9.17) is 9.72 Å². The zero-order valence-corrected chi connectivity index (χ0v) is 23.8. The Balaban J connectivity index is 1.63. The number of rotatable bonds is 8. The van der Waals surface area contributed by atoms with Crippen molar-refractivity contribution in [3.8, 4) is 0 Å². The highest BCUT2D eigenvalue weighted by Crippen LogP contribution is 2.28. The number of piperidine rings is 1. The summed E-state index contributed by atoms with van der Waals surface area (Å²) in [5.74, 6) is -1.32. The molecule has 3 aromatic heterocycles. The first-order valence-electron chi connectivity index (χ1n) is 13.1. The summed E-state index contributed by atoms with van der Waals surface area (Å²) in [7, 11) is 0. The van der Waals surface area contributed by atoms with Crippen molar-refractivity contribution in [2.75, 3.05) is 29.9 Å². The molecule has 4 rings (SSSR count). The number of esters is 1. The lowest BCUT2D eigenvalue weighted by molar-refractivity contribution is -0.144. The van der Waals surface area contributed by atoms with Crippen LogP contribution >= 0.6 is 11.3 Å². The fourth-order valence-corrected chi connectivity index (χ4v) is 5.40. The van der Waals surface area contributed by atoms with Crippen LogP contribution in [0.2, 0.25) is 0 Å². The average molecular weight is 568 g/mol. The molecular formula is C28H33N5O6S. The SMILES string of the molecule is CCOC(=O)CC1CCN(c2nc3cc(C(=O)Nc4nc(C(C)(C)C)cs4)ccn3c(=O)c2/C=C/C(=O)O)CC1. The zero-order valence-electron chi connectivity index (χ0n) is 23.0. The Labute approximate surface area is 235 Å². The van der Waals surface area contributed by atoms with Crippen molar-refractivity contribution in [1.82, 2.24) is 14.4 Å².